The van der Waals surface area contributed by atoms with Crippen molar-refractivity contribution in [3.63, 3.8) is 0 Å². The molecule has 0 aliphatic carbocycles. The van der Waals surface area contributed by atoms with E-state index in [1.807, 2.05) is 11.0 Å². The number of benzene rings is 1. The summed E-state index contributed by atoms with van der Waals surface area (Å²) < 4.78 is 25.7. The van der Waals surface area contributed by atoms with E-state index in [4.69, 9.17) is 0 Å². The summed E-state index contributed by atoms with van der Waals surface area (Å²) in [6.07, 6.45) is 5.89. The number of amides is 1. The molecule has 2 atom stereocenters. The summed E-state index contributed by atoms with van der Waals surface area (Å²) in [5.74, 6) is 0.146. The van der Waals surface area contributed by atoms with Crippen LogP contribution in [0.25, 0.3) is 0 Å². The fourth-order valence-electron chi connectivity index (χ4n) is 3.94. The minimum Gasteiger partial charge on any atom is -0.337 e. The number of sulfone groups is 1. The van der Waals surface area contributed by atoms with E-state index in [2.05, 4.69) is 6.58 Å². The fourth-order valence-corrected chi connectivity index (χ4v) is 5.82. The summed E-state index contributed by atoms with van der Waals surface area (Å²) in [4.78, 5) is 14.7. The molecule has 0 N–H and O–H groups in total. The Morgan fingerprint density at radius 2 is 1.78 bits per heavy atom. The lowest BCUT2D eigenvalue weighted by molar-refractivity contribution is -0.135. The lowest BCUT2D eigenvalue weighted by atomic mass is 10.0. The molecule has 2 unspecified atom stereocenters. The zero-order valence-corrected chi connectivity index (χ0v) is 14.0. The van der Waals surface area contributed by atoms with Crippen LogP contribution in [0.2, 0.25) is 0 Å². The molecule has 2 heterocycles. The van der Waals surface area contributed by atoms with Gasteiger partial charge in [0, 0.05) is 18.5 Å². The molecule has 0 radical (unpaired) electrons. The third-order valence-corrected chi connectivity index (χ3v) is 7.24. The first-order chi connectivity index (χ1) is 11.0. The summed E-state index contributed by atoms with van der Waals surface area (Å²) in [5, 5.41) is -0.370. The maximum absolute atomic E-state index is 12.8. The van der Waals surface area contributed by atoms with E-state index < -0.39 is 9.84 Å². The van der Waals surface area contributed by atoms with Crippen LogP contribution in [-0.4, -0.2) is 36.6 Å². The van der Waals surface area contributed by atoms with Crippen LogP contribution in [0.4, 0.5) is 0 Å². The predicted octanol–water partition coefficient (Wildman–Crippen LogP) is 2.95. The zero-order chi connectivity index (χ0) is 16.4. The van der Waals surface area contributed by atoms with Crippen molar-refractivity contribution in [2.24, 2.45) is 0 Å². The van der Waals surface area contributed by atoms with Gasteiger partial charge in [-0.2, -0.15) is 0 Å². The number of fused-ring (bicyclic) bond motifs is 2. The quantitative estimate of drug-likeness (QED) is 0.779. The van der Waals surface area contributed by atoms with E-state index in [1.54, 1.807) is 30.3 Å². The van der Waals surface area contributed by atoms with Gasteiger partial charge in [-0.3, -0.25) is 4.79 Å². The topological polar surface area (TPSA) is 54.5 Å². The average Bonchev–Trinajstić information content (AvgIpc) is 2.83. The molecule has 0 aromatic heterocycles. The molecule has 0 saturated carbocycles. The highest BCUT2D eigenvalue weighted by Crippen LogP contribution is 2.40. The highest BCUT2D eigenvalue weighted by atomic mass is 32.2. The monoisotopic (exact) mass is 333 g/mol. The van der Waals surface area contributed by atoms with E-state index in [9.17, 15) is 13.2 Å². The fraction of sp³-hybridized carbons (Fsp3) is 0.500. The third-order valence-electron chi connectivity index (χ3n) is 5.05. The van der Waals surface area contributed by atoms with Gasteiger partial charge in [-0.15, -0.1) is 6.58 Å². The van der Waals surface area contributed by atoms with E-state index >= 15 is 0 Å². The van der Waals surface area contributed by atoms with Crippen LogP contribution in [0.15, 0.2) is 47.9 Å². The van der Waals surface area contributed by atoms with Gasteiger partial charge in [0.25, 0.3) is 0 Å². The number of carbonyl (C=O) groups is 1. The molecule has 1 amide bonds. The van der Waals surface area contributed by atoms with Crippen LogP contribution in [0.5, 0.6) is 0 Å². The van der Waals surface area contributed by atoms with E-state index in [0.29, 0.717) is 30.6 Å². The number of rotatable bonds is 5. The molecule has 5 heteroatoms. The van der Waals surface area contributed by atoms with E-state index in [-0.39, 0.29) is 23.2 Å². The van der Waals surface area contributed by atoms with Gasteiger partial charge in [0.05, 0.1) is 10.1 Å². The minimum atomic E-state index is -3.31. The molecule has 124 valence electrons. The van der Waals surface area contributed by atoms with E-state index in [0.717, 1.165) is 12.8 Å². The summed E-state index contributed by atoms with van der Waals surface area (Å²) in [5.41, 5.74) is 0. The average molecular weight is 333 g/mol. The van der Waals surface area contributed by atoms with Gasteiger partial charge in [0.1, 0.15) is 0 Å². The minimum absolute atomic E-state index is 0.0783. The largest absolute Gasteiger partial charge is 0.337 e. The zero-order valence-electron chi connectivity index (χ0n) is 13.2. The van der Waals surface area contributed by atoms with Crippen molar-refractivity contribution in [2.75, 3.05) is 0 Å². The van der Waals surface area contributed by atoms with E-state index in [1.165, 1.54) is 0 Å². The van der Waals surface area contributed by atoms with Gasteiger partial charge >= 0.3 is 0 Å². The first-order valence-corrected chi connectivity index (χ1v) is 9.79. The van der Waals surface area contributed by atoms with Crippen molar-refractivity contribution in [3.8, 4) is 0 Å². The van der Waals surface area contributed by atoms with Gasteiger partial charge in [0.2, 0.25) is 5.91 Å². The first-order valence-electron chi connectivity index (χ1n) is 8.25. The maximum atomic E-state index is 12.8. The summed E-state index contributed by atoms with van der Waals surface area (Å²) >= 11 is 0. The Morgan fingerprint density at radius 3 is 2.35 bits per heavy atom. The highest BCUT2D eigenvalue weighted by molar-refractivity contribution is 7.92. The summed E-state index contributed by atoms with van der Waals surface area (Å²) in [6, 6.07) is 8.83. The Morgan fingerprint density at radius 1 is 1.17 bits per heavy atom. The summed E-state index contributed by atoms with van der Waals surface area (Å²) in [7, 11) is -3.31. The molecule has 23 heavy (non-hydrogen) atoms. The number of hydrogen-bond donors (Lipinski definition) is 0. The van der Waals surface area contributed by atoms with Crippen molar-refractivity contribution in [2.45, 2.75) is 60.8 Å². The molecule has 0 spiro atoms. The standard InChI is InChI=1S/C18H23NO3S/c1-2-3-9-18(20)19-14-10-11-15(19)13-17(12-14)23(21,22)16-7-5-4-6-8-16/h2,4-8,14-15,17H,1,3,9-13H2. The van der Waals surface area contributed by atoms with Crippen molar-refractivity contribution >= 4 is 15.7 Å². The van der Waals surface area contributed by atoms with Crippen molar-refractivity contribution in [1.29, 1.82) is 0 Å². The number of allylic oxidation sites excluding steroid dienone is 1. The van der Waals surface area contributed by atoms with Gasteiger partial charge in [0.15, 0.2) is 9.84 Å². The molecule has 1 aromatic rings. The lowest BCUT2D eigenvalue weighted by Crippen LogP contribution is -2.49. The van der Waals surface area contributed by atoms with Crippen molar-refractivity contribution < 1.29 is 13.2 Å². The summed E-state index contributed by atoms with van der Waals surface area (Å²) in [6.45, 7) is 3.66. The number of carbonyl (C=O) groups excluding carboxylic acids is 1. The smallest absolute Gasteiger partial charge is 0.223 e. The Balaban J connectivity index is 1.76. The number of hydrogen-bond acceptors (Lipinski definition) is 3. The van der Waals surface area contributed by atoms with Crippen LogP contribution >= 0.6 is 0 Å². The first kappa shape index (κ1) is 16.2. The second kappa shape index (κ2) is 6.48. The molecule has 3 rings (SSSR count). The Hall–Kier alpha value is -1.62. The molecule has 4 nitrogen and oxygen atoms in total. The van der Waals surface area contributed by atoms with Crippen molar-refractivity contribution in [3.05, 3.63) is 43.0 Å². The lowest BCUT2D eigenvalue weighted by Gasteiger charge is -2.38. The van der Waals surface area contributed by atoms with Crippen LogP contribution in [0.3, 0.4) is 0 Å². The Bertz CT molecular complexity index is 669. The molecule has 2 aliphatic heterocycles. The molecule has 2 bridgehead atoms. The molecule has 2 saturated heterocycles. The molecule has 1 aromatic carbocycles. The van der Waals surface area contributed by atoms with Gasteiger partial charge in [-0.05, 0) is 44.2 Å². The van der Waals surface area contributed by atoms with Crippen molar-refractivity contribution in [1.82, 2.24) is 4.90 Å². The van der Waals surface area contributed by atoms with Gasteiger partial charge in [-0.25, -0.2) is 8.42 Å². The molecular formula is C18H23NO3S. The normalized spacial score (nSPS) is 27.0. The molecule has 2 fully saturated rings. The maximum Gasteiger partial charge on any atom is 0.223 e. The second-order valence-electron chi connectivity index (χ2n) is 6.46. The SMILES string of the molecule is C=CCCC(=O)N1C2CCC1CC(S(=O)(=O)c1ccccc1)C2. The highest BCUT2D eigenvalue weighted by Gasteiger charge is 2.46. The third kappa shape index (κ3) is 3.07. The predicted molar refractivity (Wildman–Crippen MR) is 89.7 cm³/mol. The van der Waals surface area contributed by atoms with Crippen LogP contribution in [0.1, 0.15) is 38.5 Å². The number of piperidine rings is 1. The van der Waals surface area contributed by atoms with Crippen LogP contribution in [-0.2, 0) is 14.6 Å². The number of nitrogens with zero attached hydrogens (tertiary/aromatic N) is 1. The molecule has 2 aliphatic rings. The van der Waals surface area contributed by atoms with Crippen LogP contribution < -0.4 is 0 Å². The molecular weight excluding hydrogens is 310 g/mol. The van der Waals surface area contributed by atoms with Gasteiger partial charge < -0.3 is 4.90 Å². The van der Waals surface area contributed by atoms with Gasteiger partial charge in [-0.1, -0.05) is 24.3 Å². The Labute approximate surface area is 138 Å². The van der Waals surface area contributed by atoms with Crippen LogP contribution in [0, 0.1) is 0 Å². The Kier molecular flexibility index (Phi) is 4.57. The second-order valence-corrected chi connectivity index (χ2v) is 8.69.